The molecule has 0 aliphatic carbocycles. The van der Waals surface area contributed by atoms with Gasteiger partial charge in [0, 0.05) is 18.0 Å². The van der Waals surface area contributed by atoms with Crippen LogP contribution in [0.1, 0.15) is 36.0 Å². The van der Waals surface area contributed by atoms with Crippen LogP contribution in [-0.2, 0) is 11.3 Å². The Labute approximate surface area is 188 Å². The van der Waals surface area contributed by atoms with Crippen LogP contribution in [0.2, 0.25) is 0 Å². The molecule has 1 heterocycles. The summed E-state index contributed by atoms with van der Waals surface area (Å²) in [6, 6.07) is 15.1. The van der Waals surface area contributed by atoms with E-state index in [-0.39, 0.29) is 19.3 Å². The van der Waals surface area contributed by atoms with Gasteiger partial charge in [-0.15, -0.1) is 0 Å². The first kappa shape index (κ1) is 23.7. The number of benzene rings is 2. The van der Waals surface area contributed by atoms with Crippen LogP contribution >= 0.6 is 0 Å². The lowest BCUT2D eigenvalue weighted by atomic mass is 10.0. The first-order valence-electron chi connectivity index (χ1n) is 10.5. The highest BCUT2D eigenvalue weighted by Crippen LogP contribution is 2.21. The molecule has 2 aromatic carbocycles. The first-order chi connectivity index (χ1) is 15.5. The second kappa shape index (κ2) is 11.6. The van der Waals surface area contributed by atoms with E-state index in [9.17, 15) is 10.2 Å². The average molecular weight is 436 g/mol. The van der Waals surface area contributed by atoms with Crippen molar-refractivity contribution in [2.75, 3.05) is 19.8 Å². The average Bonchev–Trinajstić information content (AvgIpc) is 3.30. The SMILES string of the molecule is CC(O)c1nccn1C(C#Cc1ccc(-c2ccc(COCC(N)CO)cc2)cc1)CO. The van der Waals surface area contributed by atoms with Crippen LogP contribution in [0.3, 0.4) is 0 Å². The lowest BCUT2D eigenvalue weighted by molar-refractivity contribution is 0.0899. The largest absolute Gasteiger partial charge is 0.395 e. The molecule has 3 aromatic rings. The maximum absolute atomic E-state index is 9.82. The quantitative estimate of drug-likeness (QED) is 0.383. The summed E-state index contributed by atoms with van der Waals surface area (Å²) in [6.45, 7) is 2.13. The summed E-state index contributed by atoms with van der Waals surface area (Å²) in [5.41, 5.74) is 9.63. The predicted octanol–water partition coefficient (Wildman–Crippen LogP) is 2.02. The van der Waals surface area contributed by atoms with Crippen LogP contribution in [0.5, 0.6) is 0 Å². The third kappa shape index (κ3) is 6.26. The molecule has 7 nitrogen and oxygen atoms in total. The molecule has 3 rings (SSSR count). The summed E-state index contributed by atoms with van der Waals surface area (Å²) in [7, 11) is 0. The maximum atomic E-state index is 9.82. The van der Waals surface area contributed by atoms with Gasteiger partial charge in [-0.1, -0.05) is 48.2 Å². The van der Waals surface area contributed by atoms with E-state index < -0.39 is 12.1 Å². The molecule has 0 fully saturated rings. The number of nitrogens with zero attached hydrogens (tertiary/aromatic N) is 2. The number of imidazole rings is 1. The van der Waals surface area contributed by atoms with E-state index in [1.807, 2.05) is 48.5 Å². The number of hydrogen-bond acceptors (Lipinski definition) is 6. The van der Waals surface area contributed by atoms with Gasteiger partial charge in [-0.25, -0.2) is 4.98 Å². The monoisotopic (exact) mass is 435 g/mol. The molecule has 7 heteroatoms. The molecule has 1 aromatic heterocycles. The minimum absolute atomic E-state index is 0.0908. The number of rotatable bonds is 9. The van der Waals surface area contributed by atoms with Gasteiger partial charge in [0.2, 0.25) is 0 Å². The molecule has 32 heavy (non-hydrogen) atoms. The number of hydrogen-bond donors (Lipinski definition) is 4. The van der Waals surface area contributed by atoms with E-state index >= 15 is 0 Å². The van der Waals surface area contributed by atoms with Crippen molar-refractivity contribution in [1.29, 1.82) is 0 Å². The molecule has 0 saturated carbocycles. The van der Waals surface area contributed by atoms with Gasteiger partial charge in [-0.3, -0.25) is 0 Å². The Morgan fingerprint density at radius 1 is 1.03 bits per heavy atom. The summed E-state index contributed by atoms with van der Waals surface area (Å²) in [5.74, 6) is 6.62. The smallest absolute Gasteiger partial charge is 0.138 e. The highest BCUT2D eigenvalue weighted by molar-refractivity contribution is 5.64. The minimum atomic E-state index is -0.740. The van der Waals surface area contributed by atoms with Crippen molar-refractivity contribution in [3.05, 3.63) is 77.9 Å². The van der Waals surface area contributed by atoms with E-state index in [4.69, 9.17) is 15.6 Å². The number of ether oxygens (including phenoxy) is 1. The number of aliphatic hydroxyl groups excluding tert-OH is 3. The van der Waals surface area contributed by atoms with Crippen molar-refractivity contribution in [2.24, 2.45) is 5.73 Å². The Morgan fingerprint density at radius 3 is 2.28 bits per heavy atom. The van der Waals surface area contributed by atoms with Gasteiger partial charge in [-0.05, 0) is 35.7 Å². The molecule has 0 aliphatic rings. The molecule has 0 spiro atoms. The zero-order valence-electron chi connectivity index (χ0n) is 18.1. The van der Waals surface area contributed by atoms with Crippen molar-refractivity contribution in [3.63, 3.8) is 0 Å². The second-order valence-electron chi connectivity index (χ2n) is 7.57. The molecule has 168 valence electrons. The van der Waals surface area contributed by atoms with Crippen molar-refractivity contribution in [3.8, 4) is 23.0 Å². The standard InChI is InChI=1S/C25H29N3O4/c1-18(31)25-27-12-13-28(25)24(15-30)11-6-19-2-7-21(8-3-19)22-9-4-20(5-10-22)16-32-17-23(26)14-29/h2-5,7-10,12-13,18,23-24,29-31H,14-17,26H2,1H3. The van der Waals surface area contributed by atoms with Gasteiger partial charge in [0.1, 0.15) is 18.0 Å². The molecule has 0 aliphatic heterocycles. The number of aliphatic hydroxyl groups is 3. The third-order valence-electron chi connectivity index (χ3n) is 4.97. The molecular weight excluding hydrogens is 406 g/mol. The van der Waals surface area contributed by atoms with Gasteiger partial charge < -0.3 is 30.4 Å². The predicted molar refractivity (Wildman–Crippen MR) is 122 cm³/mol. The van der Waals surface area contributed by atoms with E-state index in [0.717, 1.165) is 22.3 Å². The fourth-order valence-electron chi connectivity index (χ4n) is 3.20. The lowest BCUT2D eigenvalue weighted by Gasteiger charge is -2.14. The van der Waals surface area contributed by atoms with E-state index in [2.05, 4.69) is 16.8 Å². The van der Waals surface area contributed by atoms with E-state index in [1.54, 1.807) is 23.9 Å². The summed E-state index contributed by atoms with van der Waals surface area (Å²) < 4.78 is 7.19. The van der Waals surface area contributed by atoms with Crippen LogP contribution in [0, 0.1) is 11.8 Å². The van der Waals surface area contributed by atoms with Crippen LogP contribution in [0.4, 0.5) is 0 Å². The Bertz CT molecular complexity index is 1030. The fourth-order valence-corrected chi connectivity index (χ4v) is 3.20. The van der Waals surface area contributed by atoms with Crippen molar-refractivity contribution in [2.45, 2.75) is 31.7 Å². The Kier molecular flexibility index (Phi) is 8.56. The topological polar surface area (TPSA) is 114 Å². The maximum Gasteiger partial charge on any atom is 0.138 e. The zero-order chi connectivity index (χ0) is 22.9. The van der Waals surface area contributed by atoms with E-state index in [1.165, 1.54) is 0 Å². The van der Waals surface area contributed by atoms with Gasteiger partial charge in [-0.2, -0.15) is 0 Å². The first-order valence-corrected chi connectivity index (χ1v) is 10.5. The molecule has 3 unspecified atom stereocenters. The fraction of sp³-hybridized carbons (Fsp3) is 0.320. The summed E-state index contributed by atoms with van der Waals surface area (Å²) in [4.78, 5) is 4.13. The molecule has 5 N–H and O–H groups in total. The zero-order valence-corrected chi connectivity index (χ0v) is 18.1. The van der Waals surface area contributed by atoms with Crippen LogP contribution in [0.25, 0.3) is 11.1 Å². The molecule has 0 amide bonds. The highest BCUT2D eigenvalue weighted by atomic mass is 16.5. The molecule has 0 radical (unpaired) electrons. The molecule has 0 saturated heterocycles. The number of aromatic nitrogens is 2. The molecule has 0 bridgehead atoms. The number of nitrogens with two attached hydrogens (primary N) is 1. The Morgan fingerprint density at radius 2 is 1.69 bits per heavy atom. The highest BCUT2D eigenvalue weighted by Gasteiger charge is 2.14. The van der Waals surface area contributed by atoms with Crippen LogP contribution in [-0.4, -0.2) is 50.7 Å². The van der Waals surface area contributed by atoms with Crippen molar-refractivity contribution < 1.29 is 20.1 Å². The van der Waals surface area contributed by atoms with Crippen molar-refractivity contribution >= 4 is 0 Å². The van der Waals surface area contributed by atoms with E-state index in [0.29, 0.717) is 19.0 Å². The molecular formula is C25H29N3O4. The molecule has 3 atom stereocenters. The summed E-state index contributed by atoms with van der Waals surface area (Å²) in [6.07, 6.45) is 2.55. The summed E-state index contributed by atoms with van der Waals surface area (Å²) >= 11 is 0. The van der Waals surface area contributed by atoms with Crippen LogP contribution in [0.15, 0.2) is 60.9 Å². The Balaban J connectivity index is 1.65. The normalized spacial score (nSPS) is 13.8. The van der Waals surface area contributed by atoms with Gasteiger partial charge in [0.25, 0.3) is 0 Å². The Hall–Kier alpha value is -2.99. The van der Waals surface area contributed by atoms with Gasteiger partial charge in [0.05, 0.1) is 32.5 Å². The van der Waals surface area contributed by atoms with Gasteiger partial charge >= 0.3 is 0 Å². The van der Waals surface area contributed by atoms with Crippen molar-refractivity contribution in [1.82, 2.24) is 9.55 Å². The minimum Gasteiger partial charge on any atom is -0.395 e. The second-order valence-corrected chi connectivity index (χ2v) is 7.57. The summed E-state index contributed by atoms with van der Waals surface area (Å²) in [5, 5.41) is 28.5. The van der Waals surface area contributed by atoms with Crippen LogP contribution < -0.4 is 5.73 Å². The lowest BCUT2D eigenvalue weighted by Crippen LogP contribution is -2.29. The van der Waals surface area contributed by atoms with Gasteiger partial charge in [0.15, 0.2) is 0 Å². The third-order valence-corrected chi connectivity index (χ3v) is 4.97.